The molecule has 0 radical (unpaired) electrons. The number of carboxylic acid groups (broad SMARTS) is 3. The molecule has 2 heterocycles. The Labute approximate surface area is 147 Å². The number of rotatable bonds is 2. The highest BCUT2D eigenvalue weighted by molar-refractivity contribution is 5.65. The molecule has 11 nitrogen and oxygen atoms in total. The number of hydrogen-bond donors (Lipinski definition) is 6. The van der Waals surface area contributed by atoms with Gasteiger partial charge in [0.2, 0.25) is 0 Å². The van der Waals surface area contributed by atoms with Crippen molar-refractivity contribution in [2.45, 2.75) is 27.7 Å². The van der Waals surface area contributed by atoms with Gasteiger partial charge in [0.05, 0.1) is 6.61 Å². The molecule has 0 bridgehead atoms. The molecule has 0 atom stereocenters. The van der Waals surface area contributed by atoms with Gasteiger partial charge in [0.15, 0.2) is 0 Å². The average molecular weight is 370 g/mol. The lowest BCUT2D eigenvalue weighted by molar-refractivity contribution is -0.142. The van der Waals surface area contributed by atoms with E-state index < -0.39 is 17.9 Å². The van der Waals surface area contributed by atoms with E-state index in [9.17, 15) is 4.79 Å². The molecule has 2 aliphatic heterocycles. The molecule has 6 N–H and O–H groups in total. The fourth-order valence-electron chi connectivity index (χ4n) is 0.189. The van der Waals surface area contributed by atoms with Gasteiger partial charge in [-0.2, -0.15) is 0 Å². The smallest absolute Gasteiger partial charge is 0.302 e. The van der Waals surface area contributed by atoms with Crippen LogP contribution in [0.2, 0.25) is 0 Å². The van der Waals surface area contributed by atoms with Crippen molar-refractivity contribution < 1.29 is 44.3 Å². The molecule has 2 aliphatic rings. The summed E-state index contributed by atoms with van der Waals surface area (Å²) in [6, 6.07) is 0. The molecule has 0 aromatic rings. The Morgan fingerprint density at radius 2 is 0.960 bits per heavy atom. The summed E-state index contributed by atoms with van der Waals surface area (Å²) in [5, 5.41) is 36.3. The third-order valence-electron chi connectivity index (χ3n) is 0.897. The molecule has 0 aromatic heterocycles. The Bertz CT molecular complexity index is 293. The van der Waals surface area contributed by atoms with Crippen LogP contribution in [-0.4, -0.2) is 83.7 Å². The summed E-state index contributed by atoms with van der Waals surface area (Å²) < 4.78 is 4.30. The molecule has 0 spiro atoms. The van der Waals surface area contributed by atoms with Crippen LogP contribution in [0.15, 0.2) is 0 Å². The van der Waals surface area contributed by atoms with Crippen LogP contribution in [0.3, 0.4) is 0 Å². The number of esters is 1. The van der Waals surface area contributed by atoms with Gasteiger partial charge in [-0.1, -0.05) is 0 Å². The number of hydrogen-bond acceptors (Lipinski definition) is 8. The van der Waals surface area contributed by atoms with Crippen LogP contribution in [-0.2, 0) is 23.9 Å². The van der Waals surface area contributed by atoms with Gasteiger partial charge in [-0.05, 0) is 0 Å². The molecule has 0 unspecified atom stereocenters. The fourth-order valence-corrected chi connectivity index (χ4v) is 0.189. The van der Waals surface area contributed by atoms with Crippen LogP contribution in [0.4, 0.5) is 0 Å². The van der Waals surface area contributed by atoms with E-state index in [2.05, 4.69) is 15.4 Å². The maximum atomic E-state index is 9.87. The summed E-state index contributed by atoms with van der Waals surface area (Å²) in [5.41, 5.74) is 0. The van der Waals surface area contributed by atoms with E-state index in [4.69, 9.17) is 34.8 Å². The number of nitrogens with one attached hydrogen (secondary N) is 2. The summed E-state index contributed by atoms with van der Waals surface area (Å²) >= 11 is 0. The van der Waals surface area contributed by atoms with E-state index in [0.29, 0.717) is 0 Å². The number of aliphatic hydroxyl groups is 1. The standard InChI is InChI=1S/C4H8O3.2C2H5N.3C2H4O2/c1-4(6)7-3-2-5;2*1-2-3-1;3*1-2(3)4/h5H,2-3H2,1H3;2*3H,1-2H2;3*1H3,(H,3,4). The van der Waals surface area contributed by atoms with Crippen LogP contribution in [0, 0.1) is 0 Å². The predicted octanol–water partition coefficient (Wildman–Crippen LogP) is -1.01. The van der Waals surface area contributed by atoms with E-state index in [-0.39, 0.29) is 19.2 Å². The largest absolute Gasteiger partial charge is 0.481 e. The number of aliphatic carboxylic acids is 3. The molecule has 25 heavy (non-hydrogen) atoms. The third-order valence-corrected chi connectivity index (χ3v) is 0.897. The summed E-state index contributed by atoms with van der Waals surface area (Å²) in [6.07, 6.45) is 0. The van der Waals surface area contributed by atoms with Crippen LogP contribution < -0.4 is 10.6 Å². The van der Waals surface area contributed by atoms with Gasteiger partial charge in [-0.3, -0.25) is 19.2 Å². The van der Waals surface area contributed by atoms with Gasteiger partial charge >= 0.3 is 5.97 Å². The van der Waals surface area contributed by atoms with Crippen molar-refractivity contribution in [3.63, 3.8) is 0 Å². The van der Waals surface area contributed by atoms with Gasteiger partial charge in [0.25, 0.3) is 17.9 Å². The molecule has 2 saturated heterocycles. The summed E-state index contributed by atoms with van der Waals surface area (Å²) in [7, 11) is 0. The Balaban J connectivity index is -0.000000109. The second-order valence-corrected chi connectivity index (χ2v) is 4.12. The van der Waals surface area contributed by atoms with Crippen LogP contribution in [0.1, 0.15) is 27.7 Å². The Hall–Kier alpha value is -2.24. The molecule has 0 aromatic carbocycles. The van der Waals surface area contributed by atoms with Crippen molar-refractivity contribution in [1.29, 1.82) is 0 Å². The number of ether oxygens (including phenoxy) is 1. The highest BCUT2D eigenvalue weighted by Gasteiger charge is 1.91. The predicted molar refractivity (Wildman–Crippen MR) is 89.4 cm³/mol. The first-order valence-corrected chi connectivity index (χ1v) is 7.21. The topological polar surface area (TPSA) is 202 Å². The molecule has 150 valence electrons. The molecule has 11 heteroatoms. The van der Waals surface area contributed by atoms with Gasteiger partial charge in [0, 0.05) is 53.9 Å². The molecule has 2 fully saturated rings. The summed E-state index contributed by atoms with van der Waals surface area (Å²) in [5.74, 6) is -2.85. The lowest BCUT2D eigenvalue weighted by atomic mass is 10.7. The number of carbonyl (C=O) groups is 4. The number of carboxylic acids is 3. The van der Waals surface area contributed by atoms with Crippen LogP contribution in [0.25, 0.3) is 0 Å². The number of aliphatic hydroxyl groups excluding tert-OH is 1. The molecular weight excluding hydrogens is 340 g/mol. The Morgan fingerprint density at radius 3 is 1.00 bits per heavy atom. The summed E-state index contributed by atoms with van der Waals surface area (Å²) in [6.45, 7) is 9.56. The van der Waals surface area contributed by atoms with Crippen molar-refractivity contribution in [2.24, 2.45) is 0 Å². The lowest BCUT2D eigenvalue weighted by Gasteiger charge is -1.93. The minimum atomic E-state index is -0.833. The normalized spacial score (nSPS) is 11.1. The maximum Gasteiger partial charge on any atom is 0.302 e. The van der Waals surface area contributed by atoms with Crippen molar-refractivity contribution in [3.8, 4) is 0 Å². The van der Waals surface area contributed by atoms with Gasteiger partial charge in [0.1, 0.15) is 6.61 Å². The average Bonchev–Trinajstić information content (AvgIpc) is 3.30. The third kappa shape index (κ3) is 601. The molecule has 0 amide bonds. The van der Waals surface area contributed by atoms with Crippen molar-refractivity contribution in [1.82, 2.24) is 10.6 Å². The van der Waals surface area contributed by atoms with E-state index in [1.54, 1.807) is 0 Å². The molecule has 2 rings (SSSR count). The highest BCUT2D eigenvalue weighted by atomic mass is 16.5. The van der Waals surface area contributed by atoms with E-state index in [1.807, 2.05) is 0 Å². The maximum absolute atomic E-state index is 9.87. The first-order valence-electron chi connectivity index (χ1n) is 7.21. The zero-order chi connectivity index (χ0) is 20.7. The van der Waals surface area contributed by atoms with Crippen LogP contribution >= 0.6 is 0 Å². The van der Waals surface area contributed by atoms with Gasteiger partial charge < -0.3 is 35.8 Å². The van der Waals surface area contributed by atoms with E-state index in [1.165, 1.54) is 33.1 Å². The molecular formula is C14H30N2O9. The minimum absolute atomic E-state index is 0.0976. The van der Waals surface area contributed by atoms with Crippen molar-refractivity contribution in [3.05, 3.63) is 0 Å². The Kier molecular flexibility index (Phi) is 32.6. The monoisotopic (exact) mass is 370 g/mol. The quantitative estimate of drug-likeness (QED) is 0.257. The van der Waals surface area contributed by atoms with Gasteiger partial charge in [-0.25, -0.2) is 0 Å². The van der Waals surface area contributed by atoms with E-state index in [0.717, 1.165) is 20.8 Å². The van der Waals surface area contributed by atoms with Crippen molar-refractivity contribution in [2.75, 3.05) is 39.4 Å². The highest BCUT2D eigenvalue weighted by Crippen LogP contribution is 1.71. The zero-order valence-corrected chi connectivity index (χ0v) is 15.1. The first kappa shape index (κ1) is 30.6. The first-order chi connectivity index (χ1) is 11.5. The molecule has 0 saturated carbocycles. The SMILES string of the molecule is C1CN1.C1CN1.CC(=O)O.CC(=O)O.CC(=O)O.CC(=O)OCCO. The minimum Gasteiger partial charge on any atom is -0.481 e. The van der Waals surface area contributed by atoms with Crippen molar-refractivity contribution >= 4 is 23.9 Å². The second kappa shape index (κ2) is 26.6. The Morgan fingerprint density at radius 1 is 0.760 bits per heavy atom. The van der Waals surface area contributed by atoms with Crippen LogP contribution in [0.5, 0.6) is 0 Å². The fraction of sp³-hybridized carbons (Fsp3) is 0.714. The van der Waals surface area contributed by atoms with Gasteiger partial charge in [-0.15, -0.1) is 0 Å². The second-order valence-electron chi connectivity index (χ2n) is 4.12. The molecule has 0 aliphatic carbocycles. The summed E-state index contributed by atoms with van der Waals surface area (Å²) in [4.78, 5) is 36.9. The lowest BCUT2D eigenvalue weighted by Crippen LogP contribution is -2.03. The number of carbonyl (C=O) groups excluding carboxylic acids is 1. The van der Waals surface area contributed by atoms with E-state index >= 15 is 0 Å². The zero-order valence-electron chi connectivity index (χ0n) is 15.1.